The van der Waals surface area contributed by atoms with Gasteiger partial charge < -0.3 is 33.2 Å². The Balaban J connectivity index is 1.51. The number of hydrogen-bond donors (Lipinski definition) is 0. The lowest BCUT2D eigenvalue weighted by Gasteiger charge is -2.46. The van der Waals surface area contributed by atoms with E-state index < -0.39 is 80.6 Å². The molecule has 324 valence electrons. The van der Waals surface area contributed by atoms with Gasteiger partial charge in [0.25, 0.3) is 0 Å². The van der Waals surface area contributed by atoms with Crippen molar-refractivity contribution in [3.05, 3.63) is 144 Å². The quantitative estimate of drug-likeness (QED) is 0.0450. The van der Waals surface area contributed by atoms with E-state index in [1.54, 1.807) is 41.5 Å². The summed E-state index contributed by atoms with van der Waals surface area (Å²) in [6.45, 7) is 9.69. The van der Waals surface area contributed by atoms with Gasteiger partial charge in [-0.05, 0) is 63.8 Å². The lowest BCUT2D eigenvalue weighted by Crippen LogP contribution is -2.62. The van der Waals surface area contributed by atoms with Crippen molar-refractivity contribution < 1.29 is 56.4 Å². The highest BCUT2D eigenvalue weighted by molar-refractivity contribution is 7.53. The minimum atomic E-state index is -4.32. The summed E-state index contributed by atoms with van der Waals surface area (Å²) in [5, 5.41) is 0. The first-order valence-corrected chi connectivity index (χ1v) is 21.9. The van der Waals surface area contributed by atoms with Gasteiger partial charge in [0.2, 0.25) is 13.6 Å². The van der Waals surface area contributed by atoms with Crippen molar-refractivity contribution in [2.45, 2.75) is 98.5 Å². The number of hydrogen-bond acceptors (Lipinski definition) is 12. The van der Waals surface area contributed by atoms with E-state index in [0.29, 0.717) is 6.61 Å². The van der Waals surface area contributed by atoms with Crippen LogP contribution in [0, 0.1) is 10.8 Å². The van der Waals surface area contributed by atoms with Crippen molar-refractivity contribution in [3.63, 3.8) is 0 Å². The average Bonchev–Trinajstić information content (AvgIpc) is 3.23. The highest BCUT2D eigenvalue weighted by Crippen LogP contribution is 2.51. The zero-order chi connectivity index (χ0) is 43.0. The third-order valence-electron chi connectivity index (χ3n) is 9.49. The lowest BCUT2D eigenvalue weighted by atomic mass is 9.94. The molecule has 1 heterocycles. The van der Waals surface area contributed by atoms with Gasteiger partial charge in [-0.3, -0.25) is 23.2 Å². The third kappa shape index (κ3) is 15.0. The maximum absolute atomic E-state index is 14.9. The first-order chi connectivity index (χ1) is 28.7. The zero-order valence-corrected chi connectivity index (χ0v) is 36.3. The standard InChI is InChI=1S/C47H59O12P/c1-46(2,3)44(48)55-33-57-60(50,58-34-56-45(49)47(4,5)6)32-40-42(53-29-37-23-15-9-16-24-37)43(54-30-38-25-17-10-18-26-38)41(52-28-36-21-13-8-14-22-36)39(59-40)31-51-27-35-19-11-7-12-20-35/h7-26,39-43H,27-34H2,1-6H3/t39-,40-,41-,42-,43+/m1/s1. The number of carbonyl (C=O) groups excluding carboxylic acids is 2. The molecule has 12 nitrogen and oxygen atoms in total. The largest absolute Gasteiger partial charge is 0.438 e. The molecule has 0 unspecified atom stereocenters. The Morgan fingerprint density at radius 2 is 0.867 bits per heavy atom. The Morgan fingerprint density at radius 3 is 1.25 bits per heavy atom. The van der Waals surface area contributed by atoms with Gasteiger partial charge in [0.05, 0.1) is 56.1 Å². The van der Waals surface area contributed by atoms with Gasteiger partial charge in [0, 0.05) is 0 Å². The molecule has 5 rings (SSSR count). The van der Waals surface area contributed by atoms with Crippen molar-refractivity contribution in [2.24, 2.45) is 10.8 Å². The molecule has 0 aromatic heterocycles. The summed E-state index contributed by atoms with van der Waals surface area (Å²) >= 11 is 0. The molecule has 1 aliphatic heterocycles. The Bertz CT molecular complexity index is 1880. The molecule has 0 saturated carbocycles. The van der Waals surface area contributed by atoms with Crippen LogP contribution in [-0.4, -0.2) is 68.8 Å². The van der Waals surface area contributed by atoms with Crippen molar-refractivity contribution >= 4 is 19.5 Å². The fourth-order valence-electron chi connectivity index (χ4n) is 6.15. The van der Waals surface area contributed by atoms with Crippen molar-refractivity contribution in [2.75, 3.05) is 26.4 Å². The van der Waals surface area contributed by atoms with Gasteiger partial charge in [0.15, 0.2) is 0 Å². The first kappa shape index (κ1) is 46.8. The molecule has 0 spiro atoms. The number of carbonyl (C=O) groups is 2. The van der Waals surface area contributed by atoms with Gasteiger partial charge in [-0.15, -0.1) is 0 Å². The Kier molecular flexibility index (Phi) is 17.6. The second-order valence-corrected chi connectivity index (χ2v) is 18.8. The van der Waals surface area contributed by atoms with Crippen LogP contribution in [0.2, 0.25) is 0 Å². The fourth-order valence-corrected chi connectivity index (χ4v) is 7.59. The van der Waals surface area contributed by atoms with Gasteiger partial charge in [-0.1, -0.05) is 121 Å². The van der Waals surface area contributed by atoms with Crippen LogP contribution in [0.15, 0.2) is 121 Å². The molecule has 0 bridgehead atoms. The molecule has 4 aromatic carbocycles. The summed E-state index contributed by atoms with van der Waals surface area (Å²) in [6, 6.07) is 38.9. The highest BCUT2D eigenvalue weighted by Gasteiger charge is 2.51. The summed E-state index contributed by atoms with van der Waals surface area (Å²) < 4.78 is 70.7. The van der Waals surface area contributed by atoms with Gasteiger partial charge in [-0.25, -0.2) is 0 Å². The summed E-state index contributed by atoms with van der Waals surface area (Å²) in [5.74, 6) is -1.15. The molecular formula is C47H59O12P. The normalized spacial score (nSPS) is 19.7. The molecule has 5 atom stereocenters. The fraction of sp³-hybridized carbons (Fsp3) is 0.447. The molecule has 0 aliphatic carbocycles. The van der Waals surface area contributed by atoms with Crippen molar-refractivity contribution in [1.82, 2.24) is 0 Å². The zero-order valence-electron chi connectivity index (χ0n) is 35.4. The van der Waals surface area contributed by atoms with E-state index in [0.717, 1.165) is 22.3 Å². The molecule has 1 saturated heterocycles. The molecule has 13 heteroatoms. The Morgan fingerprint density at radius 1 is 0.517 bits per heavy atom. The lowest BCUT2D eigenvalue weighted by molar-refractivity contribution is -0.268. The number of esters is 2. The van der Waals surface area contributed by atoms with Gasteiger partial charge >= 0.3 is 19.5 Å². The molecule has 0 radical (unpaired) electrons. The summed E-state index contributed by atoms with van der Waals surface area (Å²) in [6.07, 6.45) is -4.69. The van der Waals surface area contributed by atoms with Crippen LogP contribution in [0.5, 0.6) is 0 Å². The van der Waals surface area contributed by atoms with E-state index in [1.807, 2.05) is 121 Å². The topological polar surface area (TPSA) is 134 Å². The maximum Gasteiger partial charge on any atom is 0.339 e. The molecule has 1 aliphatic rings. The predicted molar refractivity (Wildman–Crippen MR) is 225 cm³/mol. The minimum Gasteiger partial charge on any atom is -0.438 e. The highest BCUT2D eigenvalue weighted by atomic mass is 31.2. The van der Waals surface area contributed by atoms with Crippen LogP contribution < -0.4 is 0 Å². The van der Waals surface area contributed by atoms with Crippen LogP contribution in [-0.2, 0) is 82.8 Å². The molecule has 60 heavy (non-hydrogen) atoms. The molecule has 4 aromatic rings. The smallest absolute Gasteiger partial charge is 0.339 e. The van der Waals surface area contributed by atoms with E-state index in [2.05, 4.69) is 0 Å². The Hall–Kier alpha value is -4.23. The predicted octanol–water partition coefficient (Wildman–Crippen LogP) is 9.05. The minimum absolute atomic E-state index is 0.0693. The third-order valence-corrected chi connectivity index (χ3v) is 11.3. The number of ether oxygens (including phenoxy) is 7. The van der Waals surface area contributed by atoms with Crippen LogP contribution in [0.4, 0.5) is 0 Å². The van der Waals surface area contributed by atoms with Crippen LogP contribution in [0.3, 0.4) is 0 Å². The SMILES string of the molecule is CC(C)(C)C(=O)OCOP(=O)(C[C@H]1O[C@H](COCc2ccccc2)[C@@H](OCc2ccccc2)[C@H](OCc2ccccc2)[C@@H]1OCc1ccccc1)OCOC(=O)C(C)(C)C. The van der Waals surface area contributed by atoms with Crippen LogP contribution in [0.25, 0.3) is 0 Å². The second kappa shape index (κ2) is 22.6. The molecule has 0 amide bonds. The average molecular weight is 847 g/mol. The Labute approximate surface area is 354 Å². The van der Waals surface area contributed by atoms with E-state index in [4.69, 9.17) is 42.2 Å². The second-order valence-electron chi connectivity index (χ2n) is 16.6. The summed E-state index contributed by atoms with van der Waals surface area (Å²) in [7, 11) is -4.32. The van der Waals surface area contributed by atoms with Crippen molar-refractivity contribution in [3.8, 4) is 0 Å². The van der Waals surface area contributed by atoms with Gasteiger partial charge in [-0.2, -0.15) is 0 Å². The summed E-state index contributed by atoms with van der Waals surface area (Å²) in [4.78, 5) is 25.4. The summed E-state index contributed by atoms with van der Waals surface area (Å²) in [5.41, 5.74) is 1.99. The number of rotatable bonds is 21. The van der Waals surface area contributed by atoms with E-state index in [-0.39, 0.29) is 26.4 Å². The van der Waals surface area contributed by atoms with Crippen LogP contribution in [0.1, 0.15) is 63.8 Å². The van der Waals surface area contributed by atoms with Crippen molar-refractivity contribution in [1.29, 1.82) is 0 Å². The van der Waals surface area contributed by atoms with E-state index in [1.165, 1.54) is 0 Å². The monoisotopic (exact) mass is 846 g/mol. The molecule has 0 N–H and O–H groups in total. The van der Waals surface area contributed by atoms with E-state index >= 15 is 0 Å². The maximum atomic E-state index is 14.9. The van der Waals surface area contributed by atoms with Gasteiger partial charge in [0.1, 0.15) is 24.4 Å². The first-order valence-electron chi connectivity index (χ1n) is 20.2. The van der Waals surface area contributed by atoms with Crippen LogP contribution >= 0.6 is 7.60 Å². The molecular weight excluding hydrogens is 787 g/mol. The van der Waals surface area contributed by atoms with E-state index in [9.17, 15) is 14.2 Å². The molecule has 1 fully saturated rings. The number of benzene rings is 4.